The van der Waals surface area contributed by atoms with Gasteiger partial charge < -0.3 is 15.0 Å². The van der Waals surface area contributed by atoms with Crippen LogP contribution < -0.4 is 10.1 Å². The molecule has 2 saturated heterocycles. The highest BCUT2D eigenvalue weighted by molar-refractivity contribution is 5.76. The number of rotatable bonds is 5. The second kappa shape index (κ2) is 7.47. The van der Waals surface area contributed by atoms with Gasteiger partial charge in [-0.2, -0.15) is 8.78 Å². The first-order chi connectivity index (χ1) is 11.6. The molecule has 0 aliphatic carbocycles. The Bertz CT molecular complexity index is 547. The average Bonchev–Trinajstić information content (AvgIpc) is 3.02. The van der Waals surface area contributed by atoms with Crippen molar-refractivity contribution in [1.29, 1.82) is 0 Å². The fraction of sp³-hybridized carbons (Fsp3) is 0.611. The Morgan fingerprint density at radius 2 is 1.92 bits per heavy atom. The molecule has 1 N–H and O–H groups in total. The van der Waals surface area contributed by atoms with Crippen LogP contribution >= 0.6 is 0 Å². The van der Waals surface area contributed by atoms with Gasteiger partial charge in [-0.15, -0.1) is 0 Å². The molecule has 0 radical (unpaired) electrons. The van der Waals surface area contributed by atoms with Gasteiger partial charge in [0.15, 0.2) is 0 Å². The minimum Gasteiger partial charge on any atom is -0.435 e. The second-order valence-corrected chi connectivity index (χ2v) is 6.83. The summed E-state index contributed by atoms with van der Waals surface area (Å²) in [5, 5.41) is 3.43. The van der Waals surface area contributed by atoms with Crippen LogP contribution in [0.15, 0.2) is 24.3 Å². The summed E-state index contributed by atoms with van der Waals surface area (Å²) in [7, 11) is 0. The maximum atomic E-state index is 12.4. The van der Waals surface area contributed by atoms with E-state index in [9.17, 15) is 13.6 Å². The van der Waals surface area contributed by atoms with Crippen molar-refractivity contribution in [2.45, 2.75) is 38.7 Å². The summed E-state index contributed by atoms with van der Waals surface area (Å²) in [5.74, 6) is 0.329. The Hall–Kier alpha value is -1.69. The van der Waals surface area contributed by atoms with Gasteiger partial charge in [0.1, 0.15) is 5.75 Å². The van der Waals surface area contributed by atoms with Gasteiger partial charge in [-0.3, -0.25) is 4.79 Å². The van der Waals surface area contributed by atoms with E-state index in [0.717, 1.165) is 44.6 Å². The van der Waals surface area contributed by atoms with Crippen molar-refractivity contribution in [3.63, 3.8) is 0 Å². The lowest BCUT2D eigenvalue weighted by Crippen LogP contribution is -2.44. The number of carbonyl (C=O) groups excluding carboxylic acids is 1. The van der Waals surface area contributed by atoms with Crippen molar-refractivity contribution >= 4 is 5.91 Å². The molecular weight excluding hydrogens is 314 g/mol. The molecule has 1 amide bonds. The minimum absolute atomic E-state index is 0.145. The van der Waals surface area contributed by atoms with Gasteiger partial charge >= 0.3 is 6.61 Å². The number of piperidine rings is 1. The van der Waals surface area contributed by atoms with Gasteiger partial charge in [-0.1, -0.05) is 12.1 Å². The van der Waals surface area contributed by atoms with E-state index in [1.165, 1.54) is 18.6 Å². The molecule has 2 fully saturated rings. The van der Waals surface area contributed by atoms with E-state index in [2.05, 4.69) is 10.1 Å². The third-order valence-electron chi connectivity index (χ3n) is 5.28. The molecule has 132 valence electrons. The number of nitrogens with zero attached hydrogens (tertiary/aromatic N) is 1. The number of likely N-dealkylation sites (tertiary alicyclic amines) is 1. The number of halogens is 2. The number of carbonyl (C=O) groups is 1. The smallest absolute Gasteiger partial charge is 0.387 e. The van der Waals surface area contributed by atoms with Gasteiger partial charge in [0.05, 0.1) is 0 Å². The van der Waals surface area contributed by atoms with Crippen LogP contribution in [0.4, 0.5) is 8.78 Å². The normalized spacial score (nSPS) is 19.9. The van der Waals surface area contributed by atoms with Crippen molar-refractivity contribution in [3.8, 4) is 5.75 Å². The first-order valence-electron chi connectivity index (χ1n) is 8.59. The predicted octanol–water partition coefficient (Wildman–Crippen LogP) is 2.82. The molecule has 1 aromatic rings. The molecule has 2 aliphatic rings. The fourth-order valence-corrected chi connectivity index (χ4v) is 3.70. The predicted molar refractivity (Wildman–Crippen MR) is 87.1 cm³/mol. The number of alkyl halides is 2. The third kappa shape index (κ3) is 4.23. The van der Waals surface area contributed by atoms with Crippen LogP contribution in [0.3, 0.4) is 0 Å². The standard InChI is InChI=1S/C18H24F2N2O2/c19-17(20)24-15-4-1-14(2-5-15)3-6-16(23)22-11-8-18(9-12-22)7-10-21-13-18/h1-2,4-5,17,21H,3,6-13H2. The lowest BCUT2D eigenvalue weighted by molar-refractivity contribution is -0.133. The van der Waals surface area contributed by atoms with E-state index >= 15 is 0 Å². The van der Waals surface area contributed by atoms with Crippen molar-refractivity contribution in [2.24, 2.45) is 5.41 Å². The Balaban J connectivity index is 1.44. The summed E-state index contributed by atoms with van der Waals surface area (Å²) in [5.41, 5.74) is 1.37. The highest BCUT2D eigenvalue weighted by Crippen LogP contribution is 2.37. The highest BCUT2D eigenvalue weighted by atomic mass is 19.3. The number of ether oxygens (including phenoxy) is 1. The quantitative estimate of drug-likeness (QED) is 0.898. The van der Waals surface area contributed by atoms with Crippen molar-refractivity contribution in [3.05, 3.63) is 29.8 Å². The zero-order chi connectivity index (χ0) is 17.0. The fourth-order valence-electron chi connectivity index (χ4n) is 3.70. The van der Waals surface area contributed by atoms with E-state index in [-0.39, 0.29) is 11.7 Å². The van der Waals surface area contributed by atoms with Crippen molar-refractivity contribution < 1.29 is 18.3 Å². The van der Waals surface area contributed by atoms with Gasteiger partial charge in [0.25, 0.3) is 0 Å². The first-order valence-corrected chi connectivity index (χ1v) is 8.59. The SMILES string of the molecule is O=C(CCc1ccc(OC(F)F)cc1)N1CCC2(CCNC2)CC1. The lowest BCUT2D eigenvalue weighted by atomic mass is 9.78. The molecule has 0 atom stereocenters. The zero-order valence-electron chi connectivity index (χ0n) is 13.8. The third-order valence-corrected chi connectivity index (χ3v) is 5.28. The maximum absolute atomic E-state index is 12.4. The summed E-state index contributed by atoms with van der Waals surface area (Å²) < 4.78 is 28.6. The number of hydrogen-bond acceptors (Lipinski definition) is 3. The number of hydrogen-bond donors (Lipinski definition) is 1. The number of amides is 1. The largest absolute Gasteiger partial charge is 0.435 e. The minimum atomic E-state index is -2.81. The summed E-state index contributed by atoms with van der Waals surface area (Å²) in [6, 6.07) is 6.51. The van der Waals surface area contributed by atoms with Gasteiger partial charge in [0.2, 0.25) is 5.91 Å². The lowest BCUT2D eigenvalue weighted by Gasteiger charge is -2.39. The van der Waals surface area contributed by atoms with Crippen LogP contribution in [-0.4, -0.2) is 43.6 Å². The monoisotopic (exact) mass is 338 g/mol. The van der Waals surface area contributed by atoms with E-state index in [1.54, 1.807) is 12.1 Å². The molecular formula is C18H24F2N2O2. The van der Waals surface area contributed by atoms with Crippen molar-refractivity contribution in [2.75, 3.05) is 26.2 Å². The highest BCUT2D eigenvalue weighted by Gasteiger charge is 2.37. The maximum Gasteiger partial charge on any atom is 0.387 e. The van der Waals surface area contributed by atoms with Gasteiger partial charge in [-0.25, -0.2) is 0 Å². The molecule has 0 bridgehead atoms. The molecule has 2 heterocycles. The van der Waals surface area contributed by atoms with Crippen molar-refractivity contribution in [1.82, 2.24) is 10.2 Å². The van der Waals surface area contributed by atoms with Crippen LogP contribution in [0.25, 0.3) is 0 Å². The zero-order valence-corrected chi connectivity index (χ0v) is 13.8. The molecule has 6 heteroatoms. The summed E-state index contributed by atoms with van der Waals surface area (Å²) in [6.07, 6.45) is 4.48. The van der Waals surface area contributed by atoms with Crippen LogP contribution in [-0.2, 0) is 11.2 Å². The average molecular weight is 338 g/mol. The molecule has 1 spiro atoms. The molecule has 0 saturated carbocycles. The summed E-state index contributed by atoms with van der Waals surface area (Å²) in [6.45, 7) is 1.07. The number of nitrogens with one attached hydrogen (secondary N) is 1. The molecule has 2 aliphatic heterocycles. The Labute approximate surface area is 141 Å². The molecule has 0 unspecified atom stereocenters. The molecule has 1 aromatic carbocycles. The van der Waals surface area contributed by atoms with Gasteiger partial charge in [0, 0.05) is 26.1 Å². The molecule has 24 heavy (non-hydrogen) atoms. The molecule has 3 rings (SSSR count). The Morgan fingerprint density at radius 3 is 2.50 bits per heavy atom. The topological polar surface area (TPSA) is 41.6 Å². The van der Waals surface area contributed by atoms with Crippen LogP contribution in [0.2, 0.25) is 0 Å². The van der Waals surface area contributed by atoms with Gasteiger partial charge in [-0.05, 0) is 55.3 Å². The van der Waals surface area contributed by atoms with Crippen LogP contribution in [0.1, 0.15) is 31.2 Å². The Kier molecular flexibility index (Phi) is 5.33. The van der Waals surface area contributed by atoms with E-state index in [4.69, 9.17) is 0 Å². The molecule has 4 nitrogen and oxygen atoms in total. The van der Waals surface area contributed by atoms with E-state index in [0.29, 0.717) is 18.3 Å². The summed E-state index contributed by atoms with van der Waals surface area (Å²) >= 11 is 0. The summed E-state index contributed by atoms with van der Waals surface area (Å²) in [4.78, 5) is 14.3. The second-order valence-electron chi connectivity index (χ2n) is 6.83. The Morgan fingerprint density at radius 1 is 1.21 bits per heavy atom. The van der Waals surface area contributed by atoms with E-state index in [1.807, 2.05) is 4.90 Å². The molecule has 0 aromatic heterocycles. The number of benzene rings is 1. The van der Waals surface area contributed by atoms with Crippen LogP contribution in [0, 0.1) is 5.41 Å². The first kappa shape index (κ1) is 17.1. The van der Waals surface area contributed by atoms with Crippen LogP contribution in [0.5, 0.6) is 5.75 Å². The number of aryl methyl sites for hydroxylation is 1. The van der Waals surface area contributed by atoms with E-state index < -0.39 is 6.61 Å².